The van der Waals surface area contributed by atoms with E-state index in [-0.39, 0.29) is 0 Å². The van der Waals surface area contributed by atoms with Gasteiger partial charge in [-0.05, 0) is 20.8 Å². The highest BCUT2D eigenvalue weighted by atomic mass is 32.3. The summed E-state index contributed by atoms with van der Waals surface area (Å²) in [7, 11) is -4.52. The summed E-state index contributed by atoms with van der Waals surface area (Å²) in [6.07, 6.45) is 0. The van der Waals surface area contributed by atoms with E-state index in [1.165, 1.54) is 18.3 Å². The number of nitrogens with zero attached hydrogens (tertiary/aromatic N) is 1. The Bertz CT molecular complexity index is 410. The second kappa shape index (κ2) is 3.34. The molecule has 0 bridgehead atoms. The topological polar surface area (TPSA) is 47.0 Å². The largest absolute Gasteiger partial charge is 0.310 e. The van der Waals surface area contributed by atoms with Crippen molar-refractivity contribution in [3.63, 3.8) is 0 Å². The number of rotatable bonds is 2. The van der Waals surface area contributed by atoms with Crippen molar-refractivity contribution in [3.8, 4) is 0 Å². The molecule has 0 aliphatic carbocycles. The van der Waals surface area contributed by atoms with E-state index >= 15 is 0 Å². The van der Waals surface area contributed by atoms with Gasteiger partial charge in [0.05, 0.1) is 10.7 Å². The summed E-state index contributed by atoms with van der Waals surface area (Å²) in [4.78, 5) is 4.73. The third kappa shape index (κ3) is 2.25. The molecule has 1 rings (SSSR count). The molecule has 6 heteroatoms. The van der Waals surface area contributed by atoms with E-state index in [2.05, 4.69) is 4.98 Å². The van der Waals surface area contributed by atoms with Crippen LogP contribution < -0.4 is 0 Å². The Labute approximate surface area is 80.8 Å². The second-order valence-corrected chi connectivity index (χ2v) is 5.86. The van der Waals surface area contributed by atoms with E-state index in [1.54, 1.807) is 13.8 Å². The van der Waals surface area contributed by atoms with Gasteiger partial charge in [0.15, 0.2) is 0 Å². The Morgan fingerprint density at radius 3 is 2.31 bits per heavy atom. The molecule has 0 aliphatic heterocycles. The zero-order valence-electron chi connectivity index (χ0n) is 7.54. The van der Waals surface area contributed by atoms with Crippen LogP contribution in [0.2, 0.25) is 0 Å². The van der Waals surface area contributed by atoms with E-state index in [1.807, 2.05) is 0 Å². The van der Waals surface area contributed by atoms with Crippen LogP contribution in [0.25, 0.3) is 0 Å². The molecule has 0 aliphatic rings. The van der Waals surface area contributed by atoms with Crippen LogP contribution in [0.1, 0.15) is 27.8 Å². The number of thiazole rings is 1. The van der Waals surface area contributed by atoms with E-state index in [9.17, 15) is 12.3 Å². The molecule has 0 spiro atoms. The van der Waals surface area contributed by atoms with Gasteiger partial charge < -0.3 is 0 Å². The fraction of sp³-hybridized carbons (Fsp3) is 0.571. The third-order valence-electron chi connectivity index (χ3n) is 1.75. The summed E-state index contributed by atoms with van der Waals surface area (Å²) in [5, 5.41) is -0.402. The van der Waals surface area contributed by atoms with Gasteiger partial charge in [0.1, 0.15) is 5.25 Å². The minimum Gasteiger partial charge on any atom is -0.245 e. The highest BCUT2D eigenvalue weighted by molar-refractivity contribution is 7.86. The SMILES string of the molecule is Cc1nc(C(C)S(=O)(=O)F)c(C)s1. The highest BCUT2D eigenvalue weighted by Crippen LogP contribution is 2.28. The second-order valence-electron chi connectivity index (χ2n) is 2.79. The van der Waals surface area contributed by atoms with Gasteiger partial charge in [-0.15, -0.1) is 15.2 Å². The monoisotopic (exact) mass is 223 g/mol. The van der Waals surface area contributed by atoms with Crippen molar-refractivity contribution in [2.24, 2.45) is 0 Å². The Kier molecular flexibility index (Phi) is 2.72. The van der Waals surface area contributed by atoms with Crippen molar-refractivity contribution in [2.45, 2.75) is 26.0 Å². The molecular formula is C7H10FNO2S2. The summed E-state index contributed by atoms with van der Waals surface area (Å²) >= 11 is 1.37. The predicted octanol–water partition coefficient (Wildman–Crippen LogP) is 2.12. The average molecular weight is 223 g/mol. The van der Waals surface area contributed by atoms with Gasteiger partial charge in [-0.3, -0.25) is 0 Å². The van der Waals surface area contributed by atoms with Crippen molar-refractivity contribution in [2.75, 3.05) is 0 Å². The molecule has 1 heterocycles. The van der Waals surface area contributed by atoms with Gasteiger partial charge in [0.25, 0.3) is 0 Å². The van der Waals surface area contributed by atoms with E-state index in [0.29, 0.717) is 5.69 Å². The van der Waals surface area contributed by atoms with Crippen molar-refractivity contribution < 1.29 is 12.3 Å². The molecule has 0 saturated carbocycles. The molecule has 3 nitrogen and oxygen atoms in total. The van der Waals surface area contributed by atoms with E-state index in [0.717, 1.165) is 9.88 Å². The molecule has 1 aromatic heterocycles. The van der Waals surface area contributed by atoms with Crippen molar-refractivity contribution in [1.82, 2.24) is 4.98 Å². The predicted molar refractivity (Wildman–Crippen MR) is 50.0 cm³/mol. The lowest BCUT2D eigenvalue weighted by Crippen LogP contribution is -2.05. The minimum atomic E-state index is -4.52. The maximum atomic E-state index is 12.6. The number of hydrogen-bond acceptors (Lipinski definition) is 4. The van der Waals surface area contributed by atoms with Crippen LogP contribution in [0.3, 0.4) is 0 Å². The highest BCUT2D eigenvalue weighted by Gasteiger charge is 2.25. The molecule has 1 unspecified atom stereocenters. The number of halogens is 1. The smallest absolute Gasteiger partial charge is 0.245 e. The maximum absolute atomic E-state index is 12.6. The quantitative estimate of drug-likeness (QED) is 0.721. The number of aryl methyl sites for hydroxylation is 2. The summed E-state index contributed by atoms with van der Waals surface area (Å²) in [6, 6.07) is 0. The Hall–Kier alpha value is -0.490. The van der Waals surface area contributed by atoms with E-state index < -0.39 is 15.5 Å². The van der Waals surface area contributed by atoms with Crippen molar-refractivity contribution >= 4 is 21.6 Å². The van der Waals surface area contributed by atoms with Crippen LogP contribution in [0.4, 0.5) is 3.89 Å². The van der Waals surface area contributed by atoms with Crippen molar-refractivity contribution in [3.05, 3.63) is 15.6 Å². The zero-order valence-corrected chi connectivity index (χ0v) is 9.17. The van der Waals surface area contributed by atoms with Gasteiger partial charge in [0, 0.05) is 4.88 Å². The molecule has 0 N–H and O–H groups in total. The molecule has 74 valence electrons. The molecule has 0 saturated heterocycles. The van der Waals surface area contributed by atoms with Gasteiger partial charge in [-0.1, -0.05) is 0 Å². The Morgan fingerprint density at radius 1 is 1.46 bits per heavy atom. The molecule has 0 fully saturated rings. The van der Waals surface area contributed by atoms with Gasteiger partial charge in [-0.2, -0.15) is 8.42 Å². The van der Waals surface area contributed by atoms with Crippen LogP contribution in [0.15, 0.2) is 0 Å². The lowest BCUT2D eigenvalue weighted by atomic mass is 10.3. The zero-order chi connectivity index (χ0) is 10.2. The normalized spacial score (nSPS) is 14.5. The molecule has 13 heavy (non-hydrogen) atoms. The first-order chi connectivity index (χ1) is 5.82. The summed E-state index contributed by atoms with van der Waals surface area (Å²) in [5.74, 6) is 0. The van der Waals surface area contributed by atoms with Crippen LogP contribution >= 0.6 is 11.3 Å². The van der Waals surface area contributed by atoms with Crippen LogP contribution in [0, 0.1) is 13.8 Å². The minimum absolute atomic E-state index is 0.324. The molecule has 1 aromatic rings. The summed E-state index contributed by atoms with van der Waals surface area (Å²) in [5.41, 5.74) is 0.324. The molecule has 1 atom stereocenters. The first-order valence-electron chi connectivity index (χ1n) is 3.69. The Morgan fingerprint density at radius 2 is 2.00 bits per heavy atom. The average Bonchev–Trinajstić information content (AvgIpc) is 2.26. The molecule has 0 aromatic carbocycles. The molecular weight excluding hydrogens is 213 g/mol. The lowest BCUT2D eigenvalue weighted by Gasteiger charge is -2.03. The maximum Gasteiger partial charge on any atom is 0.310 e. The molecule has 0 radical (unpaired) electrons. The number of hydrogen-bond donors (Lipinski definition) is 0. The van der Waals surface area contributed by atoms with Crippen LogP contribution in [0.5, 0.6) is 0 Å². The van der Waals surface area contributed by atoms with Gasteiger partial charge >= 0.3 is 10.2 Å². The number of aromatic nitrogens is 1. The van der Waals surface area contributed by atoms with Crippen LogP contribution in [-0.2, 0) is 10.2 Å². The first kappa shape index (κ1) is 10.6. The summed E-state index contributed by atoms with van der Waals surface area (Å²) < 4.78 is 33.8. The van der Waals surface area contributed by atoms with Crippen LogP contribution in [-0.4, -0.2) is 13.4 Å². The van der Waals surface area contributed by atoms with E-state index in [4.69, 9.17) is 0 Å². The van der Waals surface area contributed by atoms with Crippen molar-refractivity contribution in [1.29, 1.82) is 0 Å². The van der Waals surface area contributed by atoms with Gasteiger partial charge in [-0.25, -0.2) is 4.98 Å². The van der Waals surface area contributed by atoms with Gasteiger partial charge in [0.2, 0.25) is 0 Å². The fourth-order valence-electron chi connectivity index (χ4n) is 1.06. The Balaban J connectivity index is 3.16. The first-order valence-corrected chi connectivity index (χ1v) is 5.96. The third-order valence-corrected chi connectivity index (χ3v) is 3.72. The standard InChI is InChI=1S/C7H10FNO2S2/c1-4-7(9-6(3)12-4)5(2)13(8,10)11/h5H,1-3H3. The summed E-state index contributed by atoms with van der Waals surface area (Å²) in [6.45, 7) is 4.80. The molecule has 0 amide bonds. The fourth-order valence-corrected chi connectivity index (χ4v) is 2.54. The lowest BCUT2D eigenvalue weighted by molar-refractivity contribution is 0.539.